The number of hydrogen-bond acceptors (Lipinski definition) is 4. The summed E-state index contributed by atoms with van der Waals surface area (Å²) in [6.45, 7) is 2.41. The molecule has 2 amide bonds. The fourth-order valence-electron chi connectivity index (χ4n) is 4.12. The van der Waals surface area contributed by atoms with Gasteiger partial charge in [-0.25, -0.2) is 0 Å². The summed E-state index contributed by atoms with van der Waals surface area (Å²) in [6.07, 6.45) is 1.01. The van der Waals surface area contributed by atoms with Crippen LogP contribution in [-0.4, -0.2) is 36.6 Å². The van der Waals surface area contributed by atoms with Crippen LogP contribution in [0.4, 0.5) is 0 Å². The Morgan fingerprint density at radius 1 is 0.838 bits per heavy atom. The summed E-state index contributed by atoms with van der Waals surface area (Å²) in [5.74, 6) is -0.305. The summed E-state index contributed by atoms with van der Waals surface area (Å²) < 4.78 is 5.22. The number of thiocarbonyl (C=S) groups is 1. The van der Waals surface area contributed by atoms with E-state index in [-0.39, 0.29) is 23.0 Å². The van der Waals surface area contributed by atoms with Crippen LogP contribution in [0.1, 0.15) is 48.4 Å². The maximum Gasteiger partial charge on any atom is 0.243 e. The highest BCUT2D eigenvalue weighted by Gasteiger charge is 2.28. The number of nitrogens with two attached hydrogens (primary N) is 1. The van der Waals surface area contributed by atoms with E-state index in [1.807, 2.05) is 91.9 Å². The van der Waals surface area contributed by atoms with Crippen molar-refractivity contribution in [1.82, 2.24) is 16.0 Å². The largest absolute Gasteiger partial charge is 0.497 e. The van der Waals surface area contributed by atoms with Crippen molar-refractivity contribution < 1.29 is 14.3 Å². The minimum Gasteiger partial charge on any atom is -0.497 e. The van der Waals surface area contributed by atoms with Gasteiger partial charge in [-0.3, -0.25) is 9.59 Å². The van der Waals surface area contributed by atoms with Crippen LogP contribution in [0.2, 0.25) is 0 Å². The second kappa shape index (κ2) is 14.0. The first-order chi connectivity index (χ1) is 17.9. The number of methoxy groups -OCH3 is 1. The second-order valence-corrected chi connectivity index (χ2v) is 9.19. The molecule has 37 heavy (non-hydrogen) atoms. The van der Waals surface area contributed by atoms with Crippen molar-refractivity contribution in [1.29, 1.82) is 0 Å². The van der Waals surface area contributed by atoms with Gasteiger partial charge in [0.25, 0.3) is 0 Å². The van der Waals surface area contributed by atoms with Crippen LogP contribution in [0.25, 0.3) is 0 Å². The van der Waals surface area contributed by atoms with Gasteiger partial charge < -0.3 is 26.4 Å². The lowest BCUT2D eigenvalue weighted by Gasteiger charge is -2.25. The predicted molar refractivity (Wildman–Crippen MR) is 150 cm³/mol. The molecule has 3 aromatic rings. The Morgan fingerprint density at radius 2 is 1.41 bits per heavy atom. The molecule has 0 bridgehead atoms. The fourth-order valence-corrected chi connectivity index (χ4v) is 4.22. The Morgan fingerprint density at radius 3 is 1.92 bits per heavy atom. The van der Waals surface area contributed by atoms with Gasteiger partial charge in [-0.05, 0) is 60.8 Å². The molecule has 5 N–H and O–H groups in total. The van der Waals surface area contributed by atoms with Crippen molar-refractivity contribution in [3.05, 3.63) is 102 Å². The normalized spacial score (nSPS) is 12.3. The summed E-state index contributed by atoms with van der Waals surface area (Å²) in [6, 6.07) is 25.6. The van der Waals surface area contributed by atoms with Gasteiger partial charge in [0.1, 0.15) is 11.8 Å². The molecule has 0 aromatic heterocycles. The molecule has 0 radical (unpaired) electrons. The van der Waals surface area contributed by atoms with E-state index in [0.29, 0.717) is 19.4 Å². The minimum atomic E-state index is -0.740. The molecule has 0 heterocycles. The molecule has 0 aliphatic heterocycles. The van der Waals surface area contributed by atoms with Crippen LogP contribution in [0.5, 0.6) is 5.75 Å². The quantitative estimate of drug-likeness (QED) is 0.215. The van der Waals surface area contributed by atoms with Crippen LogP contribution in [0, 0.1) is 0 Å². The summed E-state index contributed by atoms with van der Waals surface area (Å²) in [7, 11) is 1.61. The second-order valence-electron chi connectivity index (χ2n) is 8.75. The van der Waals surface area contributed by atoms with Crippen molar-refractivity contribution in [2.75, 3.05) is 13.7 Å². The Kier molecular flexibility index (Phi) is 10.5. The molecule has 2 atom stereocenters. The van der Waals surface area contributed by atoms with E-state index >= 15 is 0 Å². The molecule has 3 aromatic carbocycles. The first-order valence-corrected chi connectivity index (χ1v) is 12.7. The fraction of sp³-hybridized carbons (Fsp3) is 0.276. The third kappa shape index (κ3) is 8.32. The molecular weight excluding hydrogens is 484 g/mol. The van der Waals surface area contributed by atoms with Gasteiger partial charge in [-0.1, -0.05) is 72.8 Å². The highest BCUT2D eigenvalue weighted by Crippen LogP contribution is 2.25. The standard InChI is InChI=1S/C29H34N4O3S/c1-20(21-15-17-24(36-2)18-16-21)32-27(34)25(14-9-19-31-29(30)37)33-28(35)26(22-10-5-3-6-11-22)23-12-7-4-8-13-23/h3-8,10-13,15-18,20,25-26H,9,14,19H2,1-2H3,(H,32,34)(H,33,35)(H3,30,31,37)/t20-,25-/m1/s1. The van der Waals surface area contributed by atoms with E-state index < -0.39 is 12.0 Å². The number of carbonyl (C=O) groups is 2. The summed E-state index contributed by atoms with van der Waals surface area (Å²) in [5.41, 5.74) is 8.17. The molecule has 0 spiro atoms. The van der Waals surface area contributed by atoms with E-state index in [1.165, 1.54) is 0 Å². The minimum absolute atomic E-state index is 0.200. The summed E-state index contributed by atoms with van der Waals surface area (Å²) >= 11 is 4.88. The van der Waals surface area contributed by atoms with Crippen molar-refractivity contribution in [3.8, 4) is 5.75 Å². The molecule has 0 aliphatic rings. The number of benzene rings is 3. The van der Waals surface area contributed by atoms with Crippen molar-refractivity contribution in [2.24, 2.45) is 5.73 Å². The van der Waals surface area contributed by atoms with E-state index in [9.17, 15) is 9.59 Å². The van der Waals surface area contributed by atoms with Crippen LogP contribution in [-0.2, 0) is 9.59 Å². The molecule has 0 unspecified atom stereocenters. The molecule has 0 saturated heterocycles. The zero-order chi connectivity index (χ0) is 26.6. The highest BCUT2D eigenvalue weighted by atomic mass is 32.1. The summed E-state index contributed by atoms with van der Waals surface area (Å²) in [5, 5.41) is 9.15. The highest BCUT2D eigenvalue weighted by molar-refractivity contribution is 7.80. The molecule has 0 aliphatic carbocycles. The van der Waals surface area contributed by atoms with Gasteiger partial charge in [-0.15, -0.1) is 0 Å². The number of ether oxygens (including phenoxy) is 1. The number of rotatable bonds is 12. The maximum atomic E-state index is 13.7. The molecule has 194 valence electrons. The predicted octanol–water partition coefficient (Wildman–Crippen LogP) is 3.80. The number of nitrogens with one attached hydrogen (secondary N) is 3. The lowest BCUT2D eigenvalue weighted by Crippen LogP contribution is -2.49. The molecule has 0 fully saturated rings. The van der Waals surface area contributed by atoms with Gasteiger partial charge in [0.05, 0.1) is 19.1 Å². The monoisotopic (exact) mass is 518 g/mol. The van der Waals surface area contributed by atoms with Crippen molar-refractivity contribution >= 4 is 29.1 Å². The Bertz CT molecular complexity index is 1120. The molecule has 3 rings (SSSR count). The first-order valence-electron chi connectivity index (χ1n) is 12.3. The Balaban J connectivity index is 1.78. The third-order valence-electron chi connectivity index (χ3n) is 6.10. The number of hydrogen-bond donors (Lipinski definition) is 4. The molecule has 7 nitrogen and oxygen atoms in total. The lowest BCUT2D eigenvalue weighted by molar-refractivity contribution is -0.129. The third-order valence-corrected chi connectivity index (χ3v) is 6.25. The van der Waals surface area contributed by atoms with E-state index in [1.54, 1.807) is 7.11 Å². The van der Waals surface area contributed by atoms with Crippen LogP contribution in [0.3, 0.4) is 0 Å². The smallest absolute Gasteiger partial charge is 0.243 e. The van der Waals surface area contributed by atoms with Gasteiger partial charge >= 0.3 is 0 Å². The Labute approximate surface area is 223 Å². The SMILES string of the molecule is COc1ccc([C@@H](C)NC(=O)[C@@H](CCCNC(N)=S)NC(=O)C(c2ccccc2)c2ccccc2)cc1. The number of carbonyl (C=O) groups excluding carboxylic acids is 2. The number of amides is 2. The van der Waals surface area contributed by atoms with Gasteiger partial charge in [-0.2, -0.15) is 0 Å². The van der Waals surface area contributed by atoms with Crippen LogP contribution in [0.15, 0.2) is 84.9 Å². The van der Waals surface area contributed by atoms with Crippen molar-refractivity contribution in [3.63, 3.8) is 0 Å². The van der Waals surface area contributed by atoms with E-state index in [0.717, 1.165) is 22.4 Å². The Hall–Kier alpha value is -3.91. The molecule has 0 saturated carbocycles. The van der Waals surface area contributed by atoms with Gasteiger partial charge in [0.2, 0.25) is 11.8 Å². The maximum absolute atomic E-state index is 13.7. The van der Waals surface area contributed by atoms with Crippen molar-refractivity contribution in [2.45, 2.75) is 37.8 Å². The molecular formula is C29H34N4O3S. The van der Waals surface area contributed by atoms with E-state index in [2.05, 4.69) is 16.0 Å². The zero-order valence-electron chi connectivity index (χ0n) is 21.1. The lowest BCUT2D eigenvalue weighted by atomic mass is 9.90. The average Bonchev–Trinajstić information content (AvgIpc) is 2.91. The van der Waals surface area contributed by atoms with Crippen LogP contribution < -0.4 is 26.4 Å². The first kappa shape index (κ1) is 27.7. The van der Waals surface area contributed by atoms with E-state index in [4.69, 9.17) is 22.7 Å². The average molecular weight is 519 g/mol. The molecule has 8 heteroatoms. The topological polar surface area (TPSA) is 105 Å². The summed E-state index contributed by atoms with van der Waals surface area (Å²) in [4.78, 5) is 27.1. The van der Waals surface area contributed by atoms with Gasteiger partial charge in [0.15, 0.2) is 5.11 Å². The van der Waals surface area contributed by atoms with Gasteiger partial charge in [0, 0.05) is 6.54 Å². The zero-order valence-corrected chi connectivity index (χ0v) is 22.0. The van der Waals surface area contributed by atoms with Crippen LogP contribution >= 0.6 is 12.2 Å².